The van der Waals surface area contributed by atoms with Crippen molar-refractivity contribution in [1.29, 1.82) is 5.41 Å². The highest BCUT2D eigenvalue weighted by molar-refractivity contribution is 7.92. The molecule has 0 aromatic carbocycles. The fraction of sp³-hybridized carbons (Fsp3) is 0.920. The maximum atomic E-state index is 13.4. The van der Waals surface area contributed by atoms with Crippen LogP contribution < -0.4 is 11.1 Å². The molecule has 4 fully saturated rings. The Morgan fingerprint density at radius 1 is 1.00 bits per heavy atom. The Morgan fingerprint density at radius 2 is 1.70 bits per heavy atom. The number of fused-ring (bicyclic) bond motifs is 1. The lowest BCUT2D eigenvalue weighted by Crippen LogP contribution is -2.51. The zero-order valence-corrected chi connectivity index (χ0v) is 21.1. The number of likely N-dealkylation sites (tertiary alicyclic amines) is 1. The zero-order chi connectivity index (χ0) is 23.6. The van der Waals surface area contributed by atoms with E-state index in [2.05, 4.69) is 17.1 Å². The molecule has 188 valence electrons. The van der Waals surface area contributed by atoms with E-state index in [-0.39, 0.29) is 46.8 Å². The lowest BCUT2D eigenvalue weighted by Gasteiger charge is -2.37. The Balaban J connectivity index is 1.45. The van der Waals surface area contributed by atoms with E-state index in [0.717, 1.165) is 89.4 Å². The van der Waals surface area contributed by atoms with Crippen molar-refractivity contribution in [3.63, 3.8) is 0 Å². The Kier molecular flexibility index (Phi) is 8.04. The molecule has 0 aromatic rings. The molecule has 4 atom stereocenters. The fourth-order valence-corrected chi connectivity index (χ4v) is 8.78. The number of amidine groups is 1. The third-order valence-electron chi connectivity index (χ3n) is 9.11. The second-order valence-electron chi connectivity index (χ2n) is 11.4. The van der Waals surface area contributed by atoms with Gasteiger partial charge in [0.1, 0.15) is 0 Å². The molecular weight excluding hydrogens is 436 g/mol. The quantitative estimate of drug-likeness (QED) is 0.382. The molecular formula is C25H44N4O3S. The summed E-state index contributed by atoms with van der Waals surface area (Å²) in [4.78, 5) is 15.6. The highest BCUT2D eigenvalue weighted by atomic mass is 32.2. The molecule has 8 heteroatoms. The molecule has 0 radical (unpaired) electrons. The van der Waals surface area contributed by atoms with Crippen LogP contribution in [0.4, 0.5) is 0 Å². The Bertz CT molecular complexity index is 802. The average Bonchev–Trinajstić information content (AvgIpc) is 3.18. The van der Waals surface area contributed by atoms with E-state index in [9.17, 15) is 13.2 Å². The number of hydrogen-bond donors (Lipinski definition) is 3. The van der Waals surface area contributed by atoms with Crippen molar-refractivity contribution in [2.24, 2.45) is 23.5 Å². The Hall–Kier alpha value is -1.15. The van der Waals surface area contributed by atoms with E-state index in [1.54, 1.807) is 0 Å². The van der Waals surface area contributed by atoms with Crippen LogP contribution in [-0.4, -0.2) is 60.7 Å². The van der Waals surface area contributed by atoms with Gasteiger partial charge in [0, 0.05) is 24.5 Å². The molecule has 1 saturated heterocycles. The summed E-state index contributed by atoms with van der Waals surface area (Å²) in [5.74, 6) is 1.62. The van der Waals surface area contributed by atoms with Gasteiger partial charge in [-0.15, -0.1) is 0 Å². The van der Waals surface area contributed by atoms with E-state index in [0.29, 0.717) is 12.5 Å². The number of amides is 1. The van der Waals surface area contributed by atoms with Crippen LogP contribution in [0.3, 0.4) is 0 Å². The van der Waals surface area contributed by atoms with Gasteiger partial charge in [0.05, 0.1) is 22.9 Å². The van der Waals surface area contributed by atoms with Crippen LogP contribution in [0.15, 0.2) is 0 Å². The molecule has 4 aliphatic rings. The molecule has 1 amide bonds. The van der Waals surface area contributed by atoms with E-state index < -0.39 is 9.84 Å². The Morgan fingerprint density at radius 3 is 2.36 bits per heavy atom. The van der Waals surface area contributed by atoms with Gasteiger partial charge in [0.25, 0.3) is 0 Å². The standard InChI is InChI=1S/C25H44N4O3S/c1-17-7-11-20(12-8-17)28-25(30)23-15-18-9-10-19(24(26)27)16-22(18)29(23)13-14-33(31,32)21-5-3-2-4-6-21/h17-23H,2-16H2,1H3,(H3,26,27)(H,28,30). The molecule has 0 spiro atoms. The van der Waals surface area contributed by atoms with E-state index in [1.807, 2.05) is 0 Å². The van der Waals surface area contributed by atoms with Gasteiger partial charge < -0.3 is 11.1 Å². The summed E-state index contributed by atoms with van der Waals surface area (Å²) in [6.45, 7) is 2.70. The minimum Gasteiger partial charge on any atom is -0.387 e. The van der Waals surface area contributed by atoms with E-state index >= 15 is 0 Å². The van der Waals surface area contributed by atoms with Crippen LogP contribution in [0.2, 0.25) is 0 Å². The molecule has 0 bridgehead atoms. The van der Waals surface area contributed by atoms with Crippen LogP contribution in [0.25, 0.3) is 0 Å². The summed E-state index contributed by atoms with van der Waals surface area (Å²) >= 11 is 0. The van der Waals surface area contributed by atoms with Crippen molar-refractivity contribution in [3.05, 3.63) is 0 Å². The molecule has 4 N–H and O–H groups in total. The smallest absolute Gasteiger partial charge is 0.237 e. The number of carbonyl (C=O) groups is 1. The number of rotatable bonds is 7. The van der Waals surface area contributed by atoms with Crippen molar-refractivity contribution in [2.75, 3.05) is 12.3 Å². The highest BCUT2D eigenvalue weighted by Crippen LogP contribution is 2.42. The summed E-state index contributed by atoms with van der Waals surface area (Å²) in [5, 5.41) is 11.1. The summed E-state index contributed by atoms with van der Waals surface area (Å²) in [5.41, 5.74) is 5.86. The number of hydrogen-bond acceptors (Lipinski definition) is 5. The minimum atomic E-state index is -3.16. The maximum absolute atomic E-state index is 13.4. The number of nitrogens with one attached hydrogen (secondary N) is 2. The van der Waals surface area contributed by atoms with Crippen LogP contribution in [0.5, 0.6) is 0 Å². The number of carbonyl (C=O) groups excluding carboxylic acids is 1. The van der Waals surface area contributed by atoms with Crippen LogP contribution in [0, 0.1) is 23.2 Å². The van der Waals surface area contributed by atoms with Crippen LogP contribution in [0.1, 0.15) is 90.4 Å². The second-order valence-corrected chi connectivity index (χ2v) is 13.8. The molecule has 4 rings (SSSR count). The molecule has 7 nitrogen and oxygen atoms in total. The molecule has 4 unspecified atom stereocenters. The van der Waals surface area contributed by atoms with Crippen molar-refractivity contribution in [2.45, 2.75) is 114 Å². The topological polar surface area (TPSA) is 116 Å². The first-order valence-electron chi connectivity index (χ1n) is 13.4. The maximum Gasteiger partial charge on any atom is 0.237 e. The lowest BCUT2D eigenvalue weighted by atomic mass is 9.78. The summed E-state index contributed by atoms with van der Waals surface area (Å²) in [7, 11) is -3.16. The summed E-state index contributed by atoms with van der Waals surface area (Å²) < 4.78 is 26.2. The van der Waals surface area contributed by atoms with Crippen molar-refractivity contribution in [1.82, 2.24) is 10.2 Å². The first kappa shape index (κ1) is 25.0. The zero-order valence-electron chi connectivity index (χ0n) is 20.3. The molecule has 3 saturated carbocycles. The summed E-state index contributed by atoms with van der Waals surface area (Å²) in [6, 6.07) is 0.136. The predicted molar refractivity (Wildman–Crippen MR) is 132 cm³/mol. The third-order valence-corrected chi connectivity index (χ3v) is 11.3. The highest BCUT2D eigenvalue weighted by Gasteiger charge is 2.48. The van der Waals surface area contributed by atoms with Gasteiger partial charge in [-0.1, -0.05) is 26.2 Å². The normalized spacial score (nSPS) is 36.3. The molecule has 3 aliphatic carbocycles. The SMILES string of the molecule is CC1CCC(NC(=O)C2CC3CCC(C(=N)N)CC3N2CCS(=O)(=O)C2CCCCC2)CC1. The van der Waals surface area contributed by atoms with Crippen LogP contribution in [-0.2, 0) is 14.6 Å². The van der Waals surface area contributed by atoms with Crippen LogP contribution >= 0.6 is 0 Å². The molecule has 0 aromatic heterocycles. The monoisotopic (exact) mass is 480 g/mol. The van der Waals surface area contributed by atoms with Gasteiger partial charge in [-0.25, -0.2) is 8.42 Å². The lowest BCUT2D eigenvalue weighted by molar-refractivity contribution is -0.126. The fourth-order valence-electron chi connectivity index (χ4n) is 6.93. The predicted octanol–water partition coefficient (Wildman–Crippen LogP) is 3.22. The molecule has 1 aliphatic heterocycles. The first-order chi connectivity index (χ1) is 15.7. The number of sulfone groups is 1. The summed E-state index contributed by atoms with van der Waals surface area (Å²) in [6.07, 6.45) is 12.5. The average molecular weight is 481 g/mol. The van der Waals surface area contributed by atoms with Gasteiger partial charge in [0.2, 0.25) is 5.91 Å². The van der Waals surface area contributed by atoms with Gasteiger partial charge in [-0.2, -0.15) is 0 Å². The number of nitrogens with zero attached hydrogens (tertiary/aromatic N) is 1. The molecule has 33 heavy (non-hydrogen) atoms. The third kappa shape index (κ3) is 5.92. The van der Waals surface area contributed by atoms with Gasteiger partial charge in [-0.3, -0.25) is 15.1 Å². The van der Waals surface area contributed by atoms with E-state index in [4.69, 9.17) is 11.1 Å². The Labute approximate surface area is 200 Å². The van der Waals surface area contributed by atoms with Gasteiger partial charge >= 0.3 is 0 Å². The number of nitrogens with two attached hydrogens (primary N) is 1. The minimum absolute atomic E-state index is 0.0466. The first-order valence-corrected chi connectivity index (χ1v) is 15.1. The van der Waals surface area contributed by atoms with Gasteiger partial charge in [-0.05, 0) is 76.0 Å². The van der Waals surface area contributed by atoms with Crippen molar-refractivity contribution >= 4 is 21.6 Å². The largest absolute Gasteiger partial charge is 0.387 e. The molecule has 1 heterocycles. The van der Waals surface area contributed by atoms with Crippen molar-refractivity contribution < 1.29 is 13.2 Å². The van der Waals surface area contributed by atoms with Crippen molar-refractivity contribution in [3.8, 4) is 0 Å². The second kappa shape index (κ2) is 10.6. The van der Waals surface area contributed by atoms with E-state index in [1.165, 1.54) is 0 Å². The van der Waals surface area contributed by atoms with Gasteiger partial charge in [0.15, 0.2) is 9.84 Å².